The lowest BCUT2D eigenvalue weighted by Gasteiger charge is -2.51. The molecule has 2 aliphatic carbocycles. The predicted octanol–water partition coefficient (Wildman–Crippen LogP) is 6.47. The minimum absolute atomic E-state index is 0.0313. The average molecular weight is 695 g/mol. The number of carbonyl (C=O) groups excluding carboxylic acids is 4. The van der Waals surface area contributed by atoms with Gasteiger partial charge in [0, 0.05) is 23.9 Å². The number of hydrogen-bond donors (Lipinski definition) is 2. The Labute approximate surface area is 295 Å². The molecule has 1 saturated carbocycles. The van der Waals surface area contributed by atoms with E-state index in [1.807, 2.05) is 48.5 Å². The zero-order valence-electron chi connectivity index (χ0n) is 28.0. The second-order valence-electron chi connectivity index (χ2n) is 14.1. The van der Waals surface area contributed by atoms with Crippen LogP contribution < -0.4 is 4.90 Å². The number of anilines is 1. The van der Waals surface area contributed by atoms with Crippen LogP contribution in [0.3, 0.4) is 0 Å². The van der Waals surface area contributed by atoms with Gasteiger partial charge in [0.2, 0.25) is 23.6 Å². The fourth-order valence-electron chi connectivity index (χ4n) is 9.28. The Kier molecular flexibility index (Phi) is 8.67. The first-order valence-corrected chi connectivity index (χ1v) is 17.6. The molecule has 0 radical (unpaired) electrons. The maximum atomic E-state index is 15.3. The number of carbonyl (C=O) groups is 5. The number of unbranched alkanes of at least 4 members (excludes halogenated alkanes) is 2. The van der Waals surface area contributed by atoms with Crippen molar-refractivity contribution < 1.29 is 34.2 Å². The lowest BCUT2D eigenvalue weighted by atomic mass is 9.49. The monoisotopic (exact) mass is 694 g/mol. The Morgan fingerprint density at radius 1 is 0.880 bits per heavy atom. The van der Waals surface area contributed by atoms with Crippen LogP contribution in [0.1, 0.15) is 66.7 Å². The summed E-state index contributed by atoms with van der Waals surface area (Å²) in [5.41, 5.74) is 2.52. The van der Waals surface area contributed by atoms with Crippen LogP contribution in [0.15, 0.2) is 78.4 Å². The maximum Gasteiger partial charge on any atom is 0.303 e. The molecule has 3 aromatic rings. The van der Waals surface area contributed by atoms with E-state index in [1.165, 1.54) is 9.80 Å². The number of carboxylic acid groups (broad SMARTS) is 1. The topological polar surface area (TPSA) is 132 Å². The van der Waals surface area contributed by atoms with Crippen LogP contribution in [0.2, 0.25) is 5.02 Å². The molecule has 2 saturated heterocycles. The number of carboxylic acids is 1. The van der Waals surface area contributed by atoms with E-state index in [0.29, 0.717) is 53.1 Å². The molecule has 3 fully saturated rings. The van der Waals surface area contributed by atoms with Gasteiger partial charge in [0.25, 0.3) is 0 Å². The van der Waals surface area contributed by atoms with Crippen molar-refractivity contribution in [3.05, 3.63) is 106 Å². The number of amides is 4. The number of aliphatic carboxylic acids is 1. The maximum absolute atomic E-state index is 15.3. The molecule has 50 heavy (non-hydrogen) atoms. The highest BCUT2D eigenvalue weighted by molar-refractivity contribution is 6.32. The highest BCUT2D eigenvalue weighted by atomic mass is 35.5. The van der Waals surface area contributed by atoms with Crippen molar-refractivity contribution in [3.8, 4) is 5.75 Å². The van der Waals surface area contributed by atoms with Gasteiger partial charge in [-0.05, 0) is 85.9 Å². The van der Waals surface area contributed by atoms with Crippen molar-refractivity contribution >= 4 is 46.9 Å². The molecule has 6 atom stereocenters. The third-order valence-corrected chi connectivity index (χ3v) is 11.6. The van der Waals surface area contributed by atoms with Crippen molar-refractivity contribution in [1.29, 1.82) is 0 Å². The highest BCUT2D eigenvalue weighted by Crippen LogP contribution is 2.64. The number of rotatable bonds is 9. The molecule has 10 heteroatoms. The molecule has 2 N–H and O–H groups in total. The molecule has 9 nitrogen and oxygen atoms in total. The first kappa shape index (κ1) is 33.7. The summed E-state index contributed by atoms with van der Waals surface area (Å²) in [4.78, 5) is 71.7. The van der Waals surface area contributed by atoms with E-state index in [2.05, 4.69) is 0 Å². The van der Waals surface area contributed by atoms with E-state index in [-0.39, 0.29) is 48.8 Å². The smallest absolute Gasteiger partial charge is 0.303 e. The fourth-order valence-corrected chi connectivity index (χ4v) is 9.47. The average Bonchev–Trinajstić information content (AvgIpc) is 3.47. The molecule has 0 spiro atoms. The van der Waals surface area contributed by atoms with E-state index < -0.39 is 41.0 Å². The van der Waals surface area contributed by atoms with Gasteiger partial charge < -0.3 is 10.2 Å². The summed E-state index contributed by atoms with van der Waals surface area (Å²) in [7, 11) is 0. The van der Waals surface area contributed by atoms with E-state index in [1.54, 1.807) is 38.1 Å². The van der Waals surface area contributed by atoms with E-state index >= 15 is 4.79 Å². The summed E-state index contributed by atoms with van der Waals surface area (Å²) >= 11 is 6.39. The molecule has 7 rings (SSSR count). The number of aromatic hydroxyl groups is 1. The Balaban J connectivity index is 1.38. The zero-order valence-corrected chi connectivity index (χ0v) is 28.7. The largest absolute Gasteiger partial charge is 0.507 e. The van der Waals surface area contributed by atoms with Crippen LogP contribution in [0, 0.1) is 37.5 Å². The van der Waals surface area contributed by atoms with Gasteiger partial charge in [-0.2, -0.15) is 0 Å². The highest BCUT2D eigenvalue weighted by Gasteiger charge is 2.70. The number of hydrogen-bond acceptors (Lipinski definition) is 6. The predicted molar refractivity (Wildman–Crippen MR) is 186 cm³/mol. The van der Waals surface area contributed by atoms with Gasteiger partial charge in [0.15, 0.2) is 0 Å². The van der Waals surface area contributed by atoms with Crippen molar-refractivity contribution in [3.63, 3.8) is 0 Å². The fraction of sp³-hybridized carbons (Fsp3) is 0.375. The van der Waals surface area contributed by atoms with Gasteiger partial charge in [0.1, 0.15) is 5.75 Å². The van der Waals surface area contributed by atoms with Crippen LogP contribution in [0.25, 0.3) is 0 Å². The third-order valence-electron chi connectivity index (χ3n) is 11.4. The molecular weight excluding hydrogens is 656 g/mol. The number of allylic oxidation sites excluding steroid dienone is 2. The second kappa shape index (κ2) is 12.8. The molecule has 0 bridgehead atoms. The number of phenolic OH excluding ortho intramolecular Hbond substituents is 1. The van der Waals surface area contributed by atoms with Gasteiger partial charge in [-0.15, -0.1) is 0 Å². The van der Waals surface area contributed by atoms with Crippen LogP contribution in [0.5, 0.6) is 5.75 Å². The first-order valence-electron chi connectivity index (χ1n) is 17.2. The number of benzene rings is 3. The van der Waals surface area contributed by atoms with Crippen molar-refractivity contribution in [2.24, 2.45) is 23.7 Å². The molecule has 4 aliphatic rings. The summed E-state index contributed by atoms with van der Waals surface area (Å²) in [6, 6.07) is 19.8. The zero-order chi connectivity index (χ0) is 35.5. The number of imide groups is 2. The lowest BCUT2D eigenvalue weighted by Crippen LogP contribution is -2.53. The third kappa shape index (κ3) is 5.16. The van der Waals surface area contributed by atoms with Crippen LogP contribution in [0.4, 0.5) is 5.69 Å². The van der Waals surface area contributed by atoms with Crippen molar-refractivity contribution in [1.82, 2.24) is 4.90 Å². The van der Waals surface area contributed by atoms with Crippen molar-refractivity contribution in [2.45, 2.75) is 63.7 Å². The number of nitrogens with zero attached hydrogens (tertiary/aromatic N) is 2. The Bertz CT molecular complexity index is 1930. The van der Waals surface area contributed by atoms with E-state index in [0.717, 1.165) is 11.1 Å². The molecule has 0 aromatic heterocycles. The van der Waals surface area contributed by atoms with Crippen molar-refractivity contribution in [2.75, 3.05) is 11.4 Å². The van der Waals surface area contributed by atoms with Gasteiger partial charge in [-0.3, -0.25) is 28.9 Å². The van der Waals surface area contributed by atoms with Gasteiger partial charge in [-0.1, -0.05) is 78.2 Å². The molecule has 4 amide bonds. The summed E-state index contributed by atoms with van der Waals surface area (Å²) in [6.45, 7) is 3.82. The number of likely N-dealkylation sites (tertiary alicyclic amines) is 1. The quantitative estimate of drug-likeness (QED) is 0.149. The molecule has 2 aliphatic heterocycles. The number of fused-ring (bicyclic) bond motifs is 4. The molecular formula is C40H39ClN2O7. The van der Waals surface area contributed by atoms with Crippen LogP contribution in [-0.2, 0) is 29.4 Å². The number of halogens is 1. The van der Waals surface area contributed by atoms with E-state index in [4.69, 9.17) is 16.7 Å². The van der Waals surface area contributed by atoms with E-state index in [9.17, 15) is 24.3 Å². The Hall–Kier alpha value is -4.76. The SMILES string of the molecule is Cc1cc(C2C3=CCC4C(=O)N(CCCCCC(=O)O)C(=O)C4C3CC3C(=O)N(c4cccc(Cl)c4)C(=O)C32c2ccccc2)cc(C)c1O. The summed E-state index contributed by atoms with van der Waals surface area (Å²) in [6.07, 6.45) is 4.11. The number of phenols is 1. The summed E-state index contributed by atoms with van der Waals surface area (Å²) < 4.78 is 0. The lowest BCUT2D eigenvalue weighted by molar-refractivity contribution is -0.141. The molecule has 258 valence electrons. The van der Waals surface area contributed by atoms with Crippen LogP contribution >= 0.6 is 11.6 Å². The minimum Gasteiger partial charge on any atom is -0.507 e. The molecule has 3 aromatic carbocycles. The van der Waals surface area contributed by atoms with Gasteiger partial charge >= 0.3 is 5.97 Å². The standard InChI is InChI=1S/C40H39ClN2O7/c1-22-18-24(19-23(2)35(22)46)34-28-15-16-29-33(38(49)42(36(29)47)17-8-4-7-14-32(44)45)30(28)21-31-37(48)43(27-13-9-12-26(41)20-27)39(50)40(31,34)25-10-5-3-6-11-25/h3,5-6,9-13,15,18-20,29-31,33-34,46H,4,7-8,14,16-17,21H2,1-2H3,(H,44,45). The number of aryl methyl sites for hydroxylation is 2. The Morgan fingerprint density at radius 3 is 2.28 bits per heavy atom. The summed E-state index contributed by atoms with van der Waals surface area (Å²) in [5.74, 6) is -5.33. The molecule has 6 unspecified atom stereocenters. The Morgan fingerprint density at radius 2 is 1.60 bits per heavy atom. The minimum atomic E-state index is -1.39. The first-order chi connectivity index (χ1) is 24.0. The van der Waals surface area contributed by atoms with Gasteiger partial charge in [-0.25, -0.2) is 4.90 Å². The molecule has 2 heterocycles. The second-order valence-corrected chi connectivity index (χ2v) is 14.6. The summed E-state index contributed by atoms with van der Waals surface area (Å²) in [5, 5.41) is 20.2. The van der Waals surface area contributed by atoms with Gasteiger partial charge in [0.05, 0.1) is 28.9 Å². The van der Waals surface area contributed by atoms with Crippen LogP contribution in [-0.4, -0.2) is 51.3 Å². The normalized spacial score (nSPS) is 27.3.